The van der Waals surface area contributed by atoms with E-state index in [0.29, 0.717) is 12.5 Å². The van der Waals surface area contributed by atoms with Crippen LogP contribution in [-0.4, -0.2) is 23.9 Å². The molecule has 0 heterocycles. The second-order valence-electron chi connectivity index (χ2n) is 2.07. The van der Waals surface area contributed by atoms with Crippen molar-refractivity contribution in [1.29, 1.82) is 0 Å². The van der Waals surface area contributed by atoms with E-state index < -0.39 is 0 Å². The molecule has 0 aromatic heterocycles. The lowest BCUT2D eigenvalue weighted by Gasteiger charge is -2.10. The van der Waals surface area contributed by atoms with Gasteiger partial charge in [0.15, 0.2) is 0 Å². The first-order chi connectivity index (χ1) is 4.85. The molecule has 10 heavy (non-hydrogen) atoms. The Morgan fingerprint density at radius 1 is 1.40 bits per heavy atom. The molecule has 0 rings (SSSR count). The molecule has 0 aromatic rings. The molecular formula is C7H13Br2O. The summed E-state index contributed by atoms with van der Waals surface area (Å²) in [7, 11) is 0. The molecule has 0 aliphatic rings. The van der Waals surface area contributed by atoms with Gasteiger partial charge < -0.3 is 4.74 Å². The predicted octanol–water partition coefficient (Wildman–Crippen LogP) is 2.63. The summed E-state index contributed by atoms with van der Waals surface area (Å²) in [5.41, 5.74) is 0. The van der Waals surface area contributed by atoms with Crippen molar-refractivity contribution >= 4 is 31.9 Å². The molecule has 0 unspecified atom stereocenters. The lowest BCUT2D eigenvalue weighted by atomic mass is 10.1. The van der Waals surface area contributed by atoms with Crippen molar-refractivity contribution in [2.24, 2.45) is 5.92 Å². The third-order valence-electron chi connectivity index (χ3n) is 1.23. The van der Waals surface area contributed by atoms with Crippen LogP contribution in [-0.2, 0) is 4.74 Å². The van der Waals surface area contributed by atoms with Gasteiger partial charge in [-0.2, -0.15) is 0 Å². The summed E-state index contributed by atoms with van der Waals surface area (Å²) < 4.78 is 5.18. The number of ether oxygens (including phenoxy) is 1. The highest BCUT2D eigenvalue weighted by Gasteiger charge is 2.04. The molecule has 3 heteroatoms. The summed E-state index contributed by atoms with van der Waals surface area (Å²) in [6, 6.07) is 0. The molecule has 0 spiro atoms. The maximum absolute atomic E-state index is 5.18. The van der Waals surface area contributed by atoms with E-state index in [4.69, 9.17) is 4.74 Å². The van der Waals surface area contributed by atoms with E-state index in [1.54, 1.807) is 0 Å². The second kappa shape index (κ2) is 8.02. The van der Waals surface area contributed by atoms with Crippen LogP contribution < -0.4 is 0 Å². The van der Waals surface area contributed by atoms with E-state index in [1.165, 1.54) is 0 Å². The molecule has 0 aliphatic heterocycles. The van der Waals surface area contributed by atoms with E-state index in [0.717, 1.165) is 23.7 Å². The molecule has 0 aromatic carbocycles. The van der Waals surface area contributed by atoms with Gasteiger partial charge in [0.05, 0.1) is 6.61 Å². The standard InChI is InChI=1S/C7H13Br2O/c1-2-10-6-7(5-9)3-4-8/h7H,1-6H2/t7-/m0/s1. The van der Waals surface area contributed by atoms with Crippen LogP contribution in [0.25, 0.3) is 0 Å². The van der Waals surface area contributed by atoms with Gasteiger partial charge in [0, 0.05) is 17.3 Å². The number of hydrogen-bond donors (Lipinski definition) is 0. The summed E-state index contributed by atoms with van der Waals surface area (Å²) >= 11 is 6.82. The topological polar surface area (TPSA) is 9.23 Å². The maximum atomic E-state index is 5.18. The van der Waals surface area contributed by atoms with Crippen molar-refractivity contribution in [1.82, 2.24) is 0 Å². The molecule has 0 aliphatic carbocycles. The minimum Gasteiger partial charge on any atom is -0.381 e. The van der Waals surface area contributed by atoms with Crippen LogP contribution in [0, 0.1) is 12.8 Å². The zero-order valence-corrected chi connectivity index (χ0v) is 9.16. The van der Waals surface area contributed by atoms with Gasteiger partial charge in [-0.15, -0.1) is 0 Å². The van der Waals surface area contributed by atoms with Crippen LogP contribution in [0.5, 0.6) is 0 Å². The molecule has 1 radical (unpaired) electrons. The first-order valence-corrected chi connectivity index (χ1v) is 5.58. The SMILES string of the molecule is [CH2]COC[C@H](CBr)CCBr. The van der Waals surface area contributed by atoms with Crippen LogP contribution in [0.1, 0.15) is 6.42 Å². The van der Waals surface area contributed by atoms with Crippen LogP contribution in [0.15, 0.2) is 0 Å². The molecule has 61 valence electrons. The Hall–Kier alpha value is 0.920. The van der Waals surface area contributed by atoms with Crippen LogP contribution >= 0.6 is 31.9 Å². The normalized spacial score (nSPS) is 13.5. The largest absolute Gasteiger partial charge is 0.381 e. The fourth-order valence-corrected chi connectivity index (χ4v) is 1.77. The Morgan fingerprint density at radius 2 is 2.10 bits per heavy atom. The molecule has 0 bridgehead atoms. The first kappa shape index (κ1) is 10.9. The van der Waals surface area contributed by atoms with E-state index in [-0.39, 0.29) is 0 Å². The van der Waals surface area contributed by atoms with E-state index in [2.05, 4.69) is 38.8 Å². The van der Waals surface area contributed by atoms with Crippen molar-refractivity contribution in [2.45, 2.75) is 6.42 Å². The highest BCUT2D eigenvalue weighted by atomic mass is 79.9. The highest BCUT2D eigenvalue weighted by Crippen LogP contribution is 2.08. The molecule has 1 nitrogen and oxygen atoms in total. The van der Waals surface area contributed by atoms with Crippen LogP contribution in [0.3, 0.4) is 0 Å². The van der Waals surface area contributed by atoms with E-state index in [1.807, 2.05) is 0 Å². The van der Waals surface area contributed by atoms with Gasteiger partial charge in [-0.1, -0.05) is 31.9 Å². The Bertz CT molecular complexity index is 68.6. The van der Waals surface area contributed by atoms with Gasteiger partial charge in [-0.3, -0.25) is 0 Å². The zero-order valence-electron chi connectivity index (χ0n) is 5.98. The Morgan fingerprint density at radius 3 is 2.50 bits per heavy atom. The maximum Gasteiger partial charge on any atom is 0.0502 e. The molecule has 0 saturated carbocycles. The predicted molar refractivity (Wildman–Crippen MR) is 51.9 cm³/mol. The van der Waals surface area contributed by atoms with Gasteiger partial charge in [0.25, 0.3) is 0 Å². The number of hydrogen-bond acceptors (Lipinski definition) is 1. The number of rotatable bonds is 6. The third kappa shape index (κ3) is 5.69. The van der Waals surface area contributed by atoms with Gasteiger partial charge in [-0.05, 0) is 19.3 Å². The fourth-order valence-electron chi connectivity index (χ4n) is 0.609. The quantitative estimate of drug-likeness (QED) is 0.676. The van der Waals surface area contributed by atoms with Gasteiger partial charge in [0.1, 0.15) is 0 Å². The fraction of sp³-hybridized carbons (Fsp3) is 0.857. The average molecular weight is 273 g/mol. The summed E-state index contributed by atoms with van der Waals surface area (Å²) in [5.74, 6) is 0.626. The van der Waals surface area contributed by atoms with Crippen molar-refractivity contribution in [3.8, 4) is 0 Å². The molecule has 1 atom stereocenters. The van der Waals surface area contributed by atoms with Gasteiger partial charge in [-0.25, -0.2) is 0 Å². The lowest BCUT2D eigenvalue weighted by molar-refractivity contribution is 0.129. The number of halogens is 2. The molecule has 0 saturated heterocycles. The highest BCUT2D eigenvalue weighted by molar-refractivity contribution is 9.09. The third-order valence-corrected chi connectivity index (χ3v) is 2.61. The van der Waals surface area contributed by atoms with Crippen LogP contribution in [0.2, 0.25) is 0 Å². The van der Waals surface area contributed by atoms with Crippen molar-refractivity contribution in [3.05, 3.63) is 6.92 Å². The minimum atomic E-state index is 0.575. The first-order valence-electron chi connectivity index (χ1n) is 3.34. The van der Waals surface area contributed by atoms with Crippen molar-refractivity contribution < 1.29 is 4.74 Å². The lowest BCUT2D eigenvalue weighted by Crippen LogP contribution is -2.11. The van der Waals surface area contributed by atoms with E-state index in [9.17, 15) is 0 Å². The Balaban J connectivity index is 3.21. The summed E-state index contributed by atoms with van der Waals surface area (Å²) in [6.45, 7) is 5.00. The van der Waals surface area contributed by atoms with Crippen LogP contribution in [0.4, 0.5) is 0 Å². The summed E-state index contributed by atoms with van der Waals surface area (Å²) in [5, 5.41) is 2.06. The smallest absolute Gasteiger partial charge is 0.0502 e. The Kier molecular flexibility index (Phi) is 8.76. The van der Waals surface area contributed by atoms with E-state index >= 15 is 0 Å². The second-order valence-corrected chi connectivity index (χ2v) is 3.51. The Labute approximate surface area is 79.8 Å². The van der Waals surface area contributed by atoms with Crippen molar-refractivity contribution in [2.75, 3.05) is 23.9 Å². The van der Waals surface area contributed by atoms with Gasteiger partial charge in [0.2, 0.25) is 0 Å². The minimum absolute atomic E-state index is 0.575. The molecule has 0 amide bonds. The molecule has 0 fully saturated rings. The zero-order chi connectivity index (χ0) is 7.82. The molecular weight excluding hydrogens is 260 g/mol. The number of alkyl halides is 2. The van der Waals surface area contributed by atoms with Gasteiger partial charge >= 0.3 is 0 Å². The average Bonchev–Trinajstić information content (AvgIpc) is 1.98. The van der Waals surface area contributed by atoms with Crippen molar-refractivity contribution in [3.63, 3.8) is 0 Å². The molecule has 0 N–H and O–H groups in total. The monoisotopic (exact) mass is 271 g/mol. The summed E-state index contributed by atoms with van der Waals surface area (Å²) in [4.78, 5) is 0. The summed E-state index contributed by atoms with van der Waals surface area (Å²) in [6.07, 6.45) is 1.16.